The maximum atomic E-state index is 5.56. The van der Waals surface area contributed by atoms with Crippen LogP contribution in [0, 0.1) is 0 Å². The van der Waals surface area contributed by atoms with Crippen LogP contribution < -0.4 is 21.3 Å². The van der Waals surface area contributed by atoms with Gasteiger partial charge in [0, 0.05) is 32.7 Å². The number of hydrogen-bond acceptors (Lipinski definition) is 9. The molecular formula is C21H41N7O2. The van der Waals surface area contributed by atoms with Gasteiger partial charge in [-0.05, 0) is 19.3 Å². The van der Waals surface area contributed by atoms with Crippen LogP contribution in [0.25, 0.3) is 0 Å². The van der Waals surface area contributed by atoms with E-state index in [9.17, 15) is 0 Å². The van der Waals surface area contributed by atoms with Crippen LogP contribution in [0.2, 0.25) is 0 Å². The first-order valence-corrected chi connectivity index (χ1v) is 11.7. The number of ether oxygens (including phenoxy) is 2. The van der Waals surface area contributed by atoms with Gasteiger partial charge in [-0.2, -0.15) is 15.0 Å². The number of unbranched alkanes of at least 4 members (excludes halogenated alkanes) is 5. The monoisotopic (exact) mass is 423 g/mol. The molecule has 0 radical (unpaired) electrons. The van der Waals surface area contributed by atoms with Crippen molar-refractivity contribution < 1.29 is 9.47 Å². The topological polar surface area (TPSA) is 110 Å². The number of anilines is 3. The highest BCUT2D eigenvalue weighted by Gasteiger charge is 2.17. The summed E-state index contributed by atoms with van der Waals surface area (Å²) in [7, 11) is 0. The summed E-state index contributed by atoms with van der Waals surface area (Å²) >= 11 is 0. The van der Waals surface area contributed by atoms with Crippen LogP contribution in [0.3, 0.4) is 0 Å². The van der Waals surface area contributed by atoms with Gasteiger partial charge in [0.2, 0.25) is 17.8 Å². The second-order valence-corrected chi connectivity index (χ2v) is 7.61. The average Bonchev–Trinajstić information content (AvgIpc) is 3.30. The lowest BCUT2D eigenvalue weighted by Gasteiger charge is -2.17. The zero-order chi connectivity index (χ0) is 21.3. The van der Waals surface area contributed by atoms with Gasteiger partial charge >= 0.3 is 0 Å². The molecule has 172 valence electrons. The Morgan fingerprint density at radius 3 is 2.13 bits per heavy atom. The summed E-state index contributed by atoms with van der Waals surface area (Å²) in [5, 5.41) is 6.64. The molecule has 0 bridgehead atoms. The zero-order valence-electron chi connectivity index (χ0n) is 18.7. The molecule has 0 amide bonds. The predicted octanol–water partition coefficient (Wildman–Crippen LogP) is 2.65. The quantitative estimate of drug-likeness (QED) is 0.307. The molecule has 2 heterocycles. The van der Waals surface area contributed by atoms with E-state index in [0.29, 0.717) is 51.4 Å². The predicted molar refractivity (Wildman–Crippen MR) is 122 cm³/mol. The Bertz CT molecular complexity index is 556. The summed E-state index contributed by atoms with van der Waals surface area (Å²) in [6.45, 7) is 8.58. The highest BCUT2D eigenvalue weighted by molar-refractivity contribution is 5.44. The summed E-state index contributed by atoms with van der Waals surface area (Å²) in [5.41, 5.74) is 5.38. The van der Waals surface area contributed by atoms with Gasteiger partial charge in [0.15, 0.2) is 0 Å². The van der Waals surface area contributed by atoms with Crippen molar-refractivity contribution in [1.29, 1.82) is 0 Å². The molecule has 1 aromatic rings. The Hall–Kier alpha value is -1.71. The van der Waals surface area contributed by atoms with Crippen LogP contribution in [0.1, 0.15) is 58.3 Å². The summed E-state index contributed by atoms with van der Waals surface area (Å²) in [6.07, 6.45) is 10.0. The van der Waals surface area contributed by atoms with E-state index in [4.69, 9.17) is 15.2 Å². The van der Waals surface area contributed by atoms with E-state index in [2.05, 4.69) is 37.4 Å². The fourth-order valence-corrected chi connectivity index (χ4v) is 3.33. The van der Waals surface area contributed by atoms with Crippen molar-refractivity contribution in [3.8, 4) is 0 Å². The first-order chi connectivity index (χ1) is 14.8. The van der Waals surface area contributed by atoms with Crippen LogP contribution in [0.15, 0.2) is 0 Å². The van der Waals surface area contributed by atoms with Gasteiger partial charge in [0.25, 0.3) is 0 Å². The molecule has 1 aromatic heterocycles. The molecule has 9 heteroatoms. The van der Waals surface area contributed by atoms with E-state index in [1.54, 1.807) is 0 Å². The van der Waals surface area contributed by atoms with Gasteiger partial charge < -0.3 is 30.7 Å². The normalized spacial score (nSPS) is 13.7. The Kier molecular flexibility index (Phi) is 13.1. The van der Waals surface area contributed by atoms with Crippen molar-refractivity contribution >= 4 is 17.8 Å². The lowest BCUT2D eigenvalue weighted by molar-refractivity contribution is 0.0547. The Labute approximate surface area is 181 Å². The van der Waals surface area contributed by atoms with Gasteiger partial charge in [0.05, 0.1) is 26.4 Å². The molecule has 1 aliphatic rings. The fraction of sp³-hybridized carbons (Fsp3) is 0.857. The summed E-state index contributed by atoms with van der Waals surface area (Å²) < 4.78 is 10.8. The van der Waals surface area contributed by atoms with E-state index in [1.165, 1.54) is 44.9 Å². The Balaban J connectivity index is 1.76. The average molecular weight is 424 g/mol. The third-order valence-electron chi connectivity index (χ3n) is 4.99. The Morgan fingerprint density at radius 2 is 1.43 bits per heavy atom. The minimum absolute atomic E-state index is 0.537. The summed E-state index contributed by atoms with van der Waals surface area (Å²) in [6, 6.07) is 0. The molecule has 0 aliphatic carbocycles. The number of nitrogens with one attached hydrogen (secondary N) is 2. The van der Waals surface area contributed by atoms with Crippen molar-refractivity contribution in [2.75, 3.05) is 74.7 Å². The molecule has 4 N–H and O–H groups in total. The smallest absolute Gasteiger partial charge is 0.231 e. The van der Waals surface area contributed by atoms with Crippen LogP contribution in [0.5, 0.6) is 0 Å². The molecule has 0 atom stereocenters. The van der Waals surface area contributed by atoms with E-state index >= 15 is 0 Å². The molecule has 2 rings (SSSR count). The van der Waals surface area contributed by atoms with Crippen LogP contribution in [-0.4, -0.2) is 74.1 Å². The molecule has 0 saturated carbocycles. The third kappa shape index (κ3) is 10.4. The second-order valence-electron chi connectivity index (χ2n) is 7.61. The Morgan fingerprint density at radius 1 is 0.800 bits per heavy atom. The minimum atomic E-state index is 0.537. The van der Waals surface area contributed by atoms with Crippen molar-refractivity contribution in [3.63, 3.8) is 0 Å². The van der Waals surface area contributed by atoms with Gasteiger partial charge in [-0.1, -0.05) is 39.0 Å². The molecule has 1 saturated heterocycles. The molecule has 1 aliphatic heterocycles. The molecular weight excluding hydrogens is 382 g/mol. The zero-order valence-corrected chi connectivity index (χ0v) is 18.7. The minimum Gasteiger partial charge on any atom is -0.378 e. The van der Waals surface area contributed by atoms with Crippen molar-refractivity contribution in [3.05, 3.63) is 0 Å². The van der Waals surface area contributed by atoms with Crippen molar-refractivity contribution in [2.24, 2.45) is 5.73 Å². The highest BCUT2D eigenvalue weighted by Crippen LogP contribution is 2.18. The molecule has 1 fully saturated rings. The van der Waals surface area contributed by atoms with Crippen molar-refractivity contribution in [2.45, 2.75) is 58.3 Å². The maximum Gasteiger partial charge on any atom is 0.231 e. The lowest BCUT2D eigenvalue weighted by atomic mass is 10.1. The SMILES string of the molecule is CCCCCCCCNc1nc(NCCOCCOCCN)nc(N2CCCC2)n1. The summed E-state index contributed by atoms with van der Waals surface area (Å²) in [5.74, 6) is 2.01. The molecule has 9 nitrogen and oxygen atoms in total. The number of hydrogen-bond donors (Lipinski definition) is 3. The standard InChI is InChI=1S/C21H41N7O2/c1-2-3-4-5-6-7-11-23-19-25-20(24-12-16-30-18-17-29-15-10-22)27-21(26-19)28-13-8-9-14-28/h2-18,22H2,1H3,(H2,23,24,25,26,27). The number of nitrogens with two attached hydrogens (primary N) is 1. The molecule has 30 heavy (non-hydrogen) atoms. The first kappa shape index (κ1) is 24.6. The van der Waals surface area contributed by atoms with Gasteiger partial charge in [-0.15, -0.1) is 0 Å². The first-order valence-electron chi connectivity index (χ1n) is 11.7. The fourth-order valence-electron chi connectivity index (χ4n) is 3.33. The van der Waals surface area contributed by atoms with Crippen LogP contribution in [0.4, 0.5) is 17.8 Å². The summed E-state index contributed by atoms with van der Waals surface area (Å²) in [4.78, 5) is 16.0. The van der Waals surface area contributed by atoms with E-state index < -0.39 is 0 Å². The van der Waals surface area contributed by atoms with Crippen LogP contribution >= 0.6 is 0 Å². The van der Waals surface area contributed by atoms with Gasteiger partial charge in [-0.25, -0.2) is 0 Å². The second kappa shape index (κ2) is 16.0. The van der Waals surface area contributed by atoms with E-state index in [-0.39, 0.29) is 0 Å². The van der Waals surface area contributed by atoms with E-state index in [1.807, 2.05) is 0 Å². The number of nitrogens with zero attached hydrogens (tertiary/aromatic N) is 4. The molecule has 0 spiro atoms. The third-order valence-corrected chi connectivity index (χ3v) is 4.99. The number of rotatable bonds is 18. The largest absolute Gasteiger partial charge is 0.378 e. The van der Waals surface area contributed by atoms with Gasteiger partial charge in [-0.3, -0.25) is 0 Å². The lowest BCUT2D eigenvalue weighted by Crippen LogP contribution is -2.23. The number of aromatic nitrogens is 3. The molecule has 0 unspecified atom stereocenters. The highest BCUT2D eigenvalue weighted by atomic mass is 16.5. The molecule has 0 aromatic carbocycles. The van der Waals surface area contributed by atoms with Crippen LogP contribution in [-0.2, 0) is 9.47 Å². The van der Waals surface area contributed by atoms with Crippen molar-refractivity contribution in [1.82, 2.24) is 15.0 Å². The maximum absolute atomic E-state index is 5.56. The van der Waals surface area contributed by atoms with E-state index in [0.717, 1.165) is 32.0 Å². The van der Waals surface area contributed by atoms with Gasteiger partial charge in [0.1, 0.15) is 0 Å².